The van der Waals surface area contributed by atoms with Crippen LogP contribution in [0.5, 0.6) is 0 Å². The van der Waals surface area contributed by atoms with Gasteiger partial charge in [0.15, 0.2) is 5.82 Å². The Bertz CT molecular complexity index is 249. The third-order valence-electron chi connectivity index (χ3n) is 2.14. The number of nitrogens with one attached hydrogen (secondary N) is 2. The molecule has 1 saturated heterocycles. The fraction of sp³-hybridized carbons (Fsp3) is 0.857. The molecule has 13 heavy (non-hydrogen) atoms. The van der Waals surface area contributed by atoms with Gasteiger partial charge in [-0.05, 0) is 6.42 Å². The van der Waals surface area contributed by atoms with E-state index in [0.29, 0.717) is 12.6 Å². The summed E-state index contributed by atoms with van der Waals surface area (Å²) in [7, 11) is 0. The molecule has 1 aromatic heterocycles. The van der Waals surface area contributed by atoms with Crippen LogP contribution < -0.4 is 5.32 Å². The van der Waals surface area contributed by atoms with Crippen LogP contribution >= 0.6 is 11.8 Å². The van der Waals surface area contributed by atoms with Crippen LogP contribution in [0.2, 0.25) is 0 Å². The predicted molar refractivity (Wildman–Crippen MR) is 51.3 cm³/mol. The van der Waals surface area contributed by atoms with Crippen LogP contribution in [0.1, 0.15) is 19.2 Å². The van der Waals surface area contributed by atoms with Gasteiger partial charge >= 0.3 is 0 Å². The van der Waals surface area contributed by atoms with E-state index in [1.807, 2.05) is 11.8 Å². The first-order valence-corrected chi connectivity index (χ1v) is 5.47. The van der Waals surface area contributed by atoms with Crippen molar-refractivity contribution >= 4 is 11.8 Å². The predicted octanol–water partition coefficient (Wildman–Crippen LogP) is 0.183. The van der Waals surface area contributed by atoms with Crippen molar-refractivity contribution in [2.75, 3.05) is 5.75 Å². The lowest BCUT2D eigenvalue weighted by molar-refractivity contribution is 0.527. The first-order chi connectivity index (χ1) is 6.34. The second-order valence-corrected chi connectivity index (χ2v) is 4.76. The molecule has 5 nitrogen and oxygen atoms in total. The van der Waals surface area contributed by atoms with Crippen molar-refractivity contribution in [3.05, 3.63) is 5.82 Å². The molecule has 1 aromatic rings. The largest absolute Gasteiger partial charge is 0.306 e. The summed E-state index contributed by atoms with van der Waals surface area (Å²) in [5.41, 5.74) is 0. The van der Waals surface area contributed by atoms with E-state index < -0.39 is 0 Å². The number of hydrogen-bond acceptors (Lipinski definition) is 5. The van der Waals surface area contributed by atoms with Crippen LogP contribution in [0.25, 0.3) is 0 Å². The summed E-state index contributed by atoms with van der Waals surface area (Å²) in [6.07, 6.45) is 1.24. The normalized spacial score (nSPS) is 28.1. The minimum absolute atomic E-state index is 0.610. The van der Waals surface area contributed by atoms with Crippen LogP contribution in [0.15, 0.2) is 0 Å². The highest BCUT2D eigenvalue weighted by atomic mass is 32.2. The van der Waals surface area contributed by atoms with Crippen molar-refractivity contribution in [2.24, 2.45) is 0 Å². The van der Waals surface area contributed by atoms with Crippen LogP contribution in [-0.4, -0.2) is 37.7 Å². The van der Waals surface area contributed by atoms with Gasteiger partial charge in [0.25, 0.3) is 0 Å². The zero-order valence-corrected chi connectivity index (χ0v) is 8.34. The summed E-state index contributed by atoms with van der Waals surface area (Å²) in [6, 6.07) is 0.610. The van der Waals surface area contributed by atoms with E-state index in [1.165, 1.54) is 12.2 Å². The topological polar surface area (TPSA) is 66.5 Å². The lowest BCUT2D eigenvalue weighted by Gasteiger charge is -2.08. The van der Waals surface area contributed by atoms with Crippen molar-refractivity contribution in [3.63, 3.8) is 0 Å². The molecule has 1 fully saturated rings. The Balaban J connectivity index is 1.74. The average molecular weight is 199 g/mol. The third kappa shape index (κ3) is 2.41. The van der Waals surface area contributed by atoms with E-state index in [2.05, 4.69) is 32.9 Å². The van der Waals surface area contributed by atoms with Crippen molar-refractivity contribution < 1.29 is 0 Å². The van der Waals surface area contributed by atoms with Gasteiger partial charge in [-0.15, -0.1) is 10.2 Å². The summed E-state index contributed by atoms with van der Waals surface area (Å²) < 4.78 is 0. The highest BCUT2D eigenvalue weighted by Crippen LogP contribution is 2.25. The minimum atomic E-state index is 0.610. The molecule has 0 aromatic carbocycles. The number of thioether (sulfide) groups is 1. The molecule has 2 heterocycles. The van der Waals surface area contributed by atoms with Gasteiger partial charge in [0.1, 0.15) is 0 Å². The van der Waals surface area contributed by atoms with Crippen LogP contribution in [-0.2, 0) is 6.54 Å². The molecule has 0 spiro atoms. The number of hydrogen-bond donors (Lipinski definition) is 2. The van der Waals surface area contributed by atoms with Crippen molar-refractivity contribution in [2.45, 2.75) is 31.2 Å². The van der Waals surface area contributed by atoms with E-state index in [-0.39, 0.29) is 0 Å². The average Bonchev–Trinajstić information content (AvgIpc) is 2.71. The van der Waals surface area contributed by atoms with Crippen molar-refractivity contribution in [3.8, 4) is 0 Å². The Morgan fingerprint density at radius 1 is 1.69 bits per heavy atom. The van der Waals surface area contributed by atoms with Gasteiger partial charge in [-0.2, -0.15) is 17.0 Å². The van der Waals surface area contributed by atoms with E-state index in [9.17, 15) is 0 Å². The molecular formula is C7H13N5S. The lowest BCUT2D eigenvalue weighted by atomic mass is 10.2. The van der Waals surface area contributed by atoms with Crippen molar-refractivity contribution in [1.82, 2.24) is 25.9 Å². The summed E-state index contributed by atoms with van der Waals surface area (Å²) >= 11 is 2.02. The van der Waals surface area contributed by atoms with Gasteiger partial charge in [-0.1, -0.05) is 12.1 Å². The van der Waals surface area contributed by atoms with E-state index in [0.717, 1.165) is 11.1 Å². The zero-order valence-electron chi connectivity index (χ0n) is 7.53. The summed E-state index contributed by atoms with van der Waals surface area (Å²) in [5, 5.41) is 17.9. The van der Waals surface area contributed by atoms with Crippen molar-refractivity contribution in [1.29, 1.82) is 0 Å². The highest BCUT2D eigenvalue weighted by Gasteiger charge is 2.21. The number of aromatic amines is 1. The molecule has 1 aliphatic heterocycles. The molecule has 72 valence electrons. The SMILES string of the molecule is CC1CC(NCc2nn[nH]n2)CS1. The third-order valence-corrected chi connectivity index (χ3v) is 3.49. The molecule has 0 bridgehead atoms. The number of rotatable bonds is 3. The Morgan fingerprint density at radius 3 is 3.23 bits per heavy atom. The molecule has 2 atom stereocenters. The van der Waals surface area contributed by atoms with Gasteiger partial charge in [0.05, 0.1) is 6.54 Å². The number of aromatic nitrogens is 4. The smallest absolute Gasteiger partial charge is 0.188 e. The number of nitrogens with zero attached hydrogens (tertiary/aromatic N) is 3. The van der Waals surface area contributed by atoms with Gasteiger partial charge in [0.2, 0.25) is 0 Å². The molecule has 2 rings (SSSR count). The van der Waals surface area contributed by atoms with Gasteiger partial charge in [0, 0.05) is 17.0 Å². The molecule has 0 saturated carbocycles. The Morgan fingerprint density at radius 2 is 2.62 bits per heavy atom. The monoisotopic (exact) mass is 199 g/mol. The molecule has 2 N–H and O–H groups in total. The molecule has 0 radical (unpaired) electrons. The molecule has 6 heteroatoms. The Kier molecular flexibility index (Phi) is 2.80. The quantitative estimate of drug-likeness (QED) is 0.727. The fourth-order valence-electron chi connectivity index (χ4n) is 1.45. The molecular weight excluding hydrogens is 186 g/mol. The zero-order chi connectivity index (χ0) is 9.10. The first-order valence-electron chi connectivity index (χ1n) is 4.42. The molecule has 1 aliphatic rings. The Labute approximate surface area is 81.1 Å². The van der Waals surface area contributed by atoms with E-state index in [1.54, 1.807) is 0 Å². The second-order valence-electron chi connectivity index (χ2n) is 3.29. The van der Waals surface area contributed by atoms with Crippen LogP contribution in [0.3, 0.4) is 0 Å². The highest BCUT2D eigenvalue weighted by molar-refractivity contribution is 8.00. The summed E-state index contributed by atoms with van der Waals surface area (Å²) in [5.74, 6) is 1.93. The first kappa shape index (κ1) is 8.96. The Hall–Kier alpha value is -0.620. The van der Waals surface area contributed by atoms with Gasteiger partial charge in [-0.3, -0.25) is 0 Å². The number of tetrazole rings is 1. The lowest BCUT2D eigenvalue weighted by Crippen LogP contribution is -2.28. The minimum Gasteiger partial charge on any atom is -0.306 e. The van der Waals surface area contributed by atoms with Crippen LogP contribution in [0, 0.1) is 0 Å². The molecule has 2 unspecified atom stereocenters. The van der Waals surface area contributed by atoms with E-state index >= 15 is 0 Å². The van der Waals surface area contributed by atoms with Crippen LogP contribution in [0.4, 0.5) is 0 Å². The summed E-state index contributed by atoms with van der Waals surface area (Å²) in [6.45, 7) is 2.98. The molecule has 0 aliphatic carbocycles. The maximum absolute atomic E-state index is 3.88. The maximum Gasteiger partial charge on any atom is 0.188 e. The van der Waals surface area contributed by atoms with Gasteiger partial charge < -0.3 is 5.32 Å². The maximum atomic E-state index is 3.88. The van der Waals surface area contributed by atoms with Gasteiger partial charge in [-0.25, -0.2) is 0 Å². The summed E-state index contributed by atoms with van der Waals surface area (Å²) in [4.78, 5) is 0. The molecule has 0 amide bonds. The second kappa shape index (κ2) is 4.06. The number of H-pyrrole nitrogens is 1. The fourth-order valence-corrected chi connectivity index (χ4v) is 2.64. The van der Waals surface area contributed by atoms with E-state index in [4.69, 9.17) is 0 Å². The standard InChI is InChI=1S/C7H13N5S/c1-5-2-6(4-13-5)8-3-7-9-11-12-10-7/h5-6,8H,2-4H2,1H3,(H,9,10,11,12).